The lowest BCUT2D eigenvalue weighted by Crippen LogP contribution is -2.29. The van der Waals surface area contributed by atoms with Gasteiger partial charge in [0.1, 0.15) is 5.56 Å². The summed E-state index contributed by atoms with van der Waals surface area (Å²) in [6.07, 6.45) is 1.04. The standard InChI is InChI=1S/C7H7NO4/c1-4-6(9)5(7(10)11)2-3-8(4)12/h2-3,9H,1H3,(H,10,11). The second-order valence-corrected chi connectivity index (χ2v) is 2.29. The summed E-state index contributed by atoms with van der Waals surface area (Å²) in [6, 6.07) is 1.05. The molecule has 0 amide bonds. The van der Waals surface area contributed by atoms with Crippen LogP contribution in [-0.4, -0.2) is 16.2 Å². The van der Waals surface area contributed by atoms with Gasteiger partial charge < -0.3 is 15.4 Å². The molecular weight excluding hydrogens is 162 g/mol. The van der Waals surface area contributed by atoms with Gasteiger partial charge in [-0.3, -0.25) is 0 Å². The van der Waals surface area contributed by atoms with Gasteiger partial charge in [-0.05, 0) is 0 Å². The molecule has 0 bridgehead atoms. The van der Waals surface area contributed by atoms with Gasteiger partial charge in [0.2, 0.25) is 5.69 Å². The zero-order valence-electron chi connectivity index (χ0n) is 6.31. The number of aromatic carboxylic acids is 1. The van der Waals surface area contributed by atoms with Crippen molar-refractivity contribution in [2.45, 2.75) is 6.92 Å². The van der Waals surface area contributed by atoms with Crippen LogP contribution in [0, 0.1) is 12.1 Å². The van der Waals surface area contributed by atoms with E-state index in [9.17, 15) is 10.0 Å². The minimum absolute atomic E-state index is 0.0186. The first-order valence-corrected chi connectivity index (χ1v) is 3.19. The largest absolute Gasteiger partial charge is 0.618 e. The lowest BCUT2D eigenvalue weighted by molar-refractivity contribution is -0.612. The molecule has 1 heterocycles. The van der Waals surface area contributed by atoms with E-state index in [0.29, 0.717) is 4.73 Å². The van der Waals surface area contributed by atoms with Crippen molar-refractivity contribution in [1.82, 2.24) is 0 Å². The van der Waals surface area contributed by atoms with Crippen LogP contribution in [0.2, 0.25) is 0 Å². The molecule has 0 aliphatic carbocycles. The second kappa shape index (κ2) is 2.69. The van der Waals surface area contributed by atoms with E-state index in [1.165, 1.54) is 6.92 Å². The summed E-state index contributed by atoms with van der Waals surface area (Å²) in [7, 11) is 0. The molecule has 0 fully saturated rings. The van der Waals surface area contributed by atoms with E-state index >= 15 is 0 Å². The molecule has 5 nitrogen and oxygen atoms in total. The molecule has 0 atom stereocenters. The van der Waals surface area contributed by atoms with Gasteiger partial charge in [-0.15, -0.1) is 0 Å². The van der Waals surface area contributed by atoms with Crippen molar-refractivity contribution in [2.75, 3.05) is 0 Å². The molecule has 0 aliphatic heterocycles. The average Bonchev–Trinajstić information content (AvgIpc) is 2.00. The third-order valence-corrected chi connectivity index (χ3v) is 1.54. The van der Waals surface area contributed by atoms with Crippen molar-refractivity contribution in [3.05, 3.63) is 28.7 Å². The highest BCUT2D eigenvalue weighted by Gasteiger charge is 2.16. The molecule has 0 unspecified atom stereocenters. The number of pyridine rings is 1. The molecule has 0 saturated carbocycles. The van der Waals surface area contributed by atoms with Crippen molar-refractivity contribution in [3.8, 4) is 5.75 Å². The molecular formula is C7H7NO4. The average molecular weight is 169 g/mol. The van der Waals surface area contributed by atoms with Crippen LogP contribution >= 0.6 is 0 Å². The van der Waals surface area contributed by atoms with Crippen molar-refractivity contribution in [1.29, 1.82) is 0 Å². The quantitative estimate of drug-likeness (QED) is 0.459. The Balaban J connectivity index is 3.36. The summed E-state index contributed by atoms with van der Waals surface area (Å²) in [6.45, 7) is 1.34. The molecule has 1 rings (SSSR count). The zero-order valence-corrected chi connectivity index (χ0v) is 6.31. The van der Waals surface area contributed by atoms with Gasteiger partial charge >= 0.3 is 5.97 Å². The first kappa shape index (κ1) is 8.32. The summed E-state index contributed by atoms with van der Waals surface area (Å²) in [5.74, 6) is -1.74. The Morgan fingerprint density at radius 2 is 2.25 bits per heavy atom. The number of carboxylic acid groups (broad SMARTS) is 1. The number of carbonyl (C=O) groups is 1. The van der Waals surface area contributed by atoms with E-state index in [-0.39, 0.29) is 11.3 Å². The van der Waals surface area contributed by atoms with Crippen LogP contribution in [0.1, 0.15) is 16.1 Å². The van der Waals surface area contributed by atoms with E-state index in [1.807, 2.05) is 0 Å². The third kappa shape index (κ3) is 1.16. The van der Waals surface area contributed by atoms with Crippen LogP contribution in [0.3, 0.4) is 0 Å². The van der Waals surface area contributed by atoms with E-state index in [4.69, 9.17) is 10.2 Å². The number of hydrogen-bond acceptors (Lipinski definition) is 3. The van der Waals surface area contributed by atoms with Crippen LogP contribution < -0.4 is 4.73 Å². The predicted molar refractivity (Wildman–Crippen MR) is 38.8 cm³/mol. The van der Waals surface area contributed by atoms with Gasteiger partial charge in [-0.1, -0.05) is 0 Å². The number of aromatic nitrogens is 1. The fourth-order valence-corrected chi connectivity index (χ4v) is 0.805. The smallest absolute Gasteiger partial charge is 0.339 e. The summed E-state index contributed by atoms with van der Waals surface area (Å²) >= 11 is 0. The summed E-state index contributed by atoms with van der Waals surface area (Å²) in [5, 5.41) is 28.4. The number of carboxylic acids is 1. The molecule has 1 aromatic rings. The Labute approximate surface area is 68.1 Å². The molecule has 64 valence electrons. The van der Waals surface area contributed by atoms with E-state index < -0.39 is 11.7 Å². The highest BCUT2D eigenvalue weighted by molar-refractivity contribution is 5.90. The zero-order chi connectivity index (χ0) is 9.30. The van der Waals surface area contributed by atoms with Crippen LogP contribution in [0.15, 0.2) is 12.3 Å². The van der Waals surface area contributed by atoms with Gasteiger partial charge in [0.05, 0.1) is 0 Å². The number of nitrogens with zero attached hydrogens (tertiary/aromatic N) is 1. The van der Waals surface area contributed by atoms with Crippen LogP contribution in [0.25, 0.3) is 0 Å². The third-order valence-electron chi connectivity index (χ3n) is 1.54. The minimum Gasteiger partial charge on any atom is -0.618 e. The highest BCUT2D eigenvalue weighted by atomic mass is 16.5. The Hall–Kier alpha value is -1.78. The van der Waals surface area contributed by atoms with Gasteiger partial charge in [-0.2, -0.15) is 4.73 Å². The molecule has 0 aliphatic rings. The lowest BCUT2D eigenvalue weighted by Gasteiger charge is -2.03. The SMILES string of the molecule is Cc1c(O)c(C(=O)O)cc[n+]1[O-]. The van der Waals surface area contributed by atoms with Gasteiger partial charge in [-0.25, -0.2) is 4.79 Å². The molecule has 0 aromatic carbocycles. The van der Waals surface area contributed by atoms with Crippen LogP contribution in [0.5, 0.6) is 5.75 Å². The maximum absolute atomic E-state index is 10.8. The Morgan fingerprint density at radius 3 is 2.75 bits per heavy atom. The second-order valence-electron chi connectivity index (χ2n) is 2.29. The van der Waals surface area contributed by atoms with Gasteiger partial charge in [0, 0.05) is 13.0 Å². The van der Waals surface area contributed by atoms with Crippen LogP contribution in [0.4, 0.5) is 0 Å². The predicted octanol–water partition coefficient (Wildman–Crippen LogP) is 0.0322. The highest BCUT2D eigenvalue weighted by Crippen LogP contribution is 2.17. The normalized spacial score (nSPS) is 9.75. The molecule has 2 N–H and O–H groups in total. The van der Waals surface area contributed by atoms with E-state index in [0.717, 1.165) is 12.3 Å². The van der Waals surface area contributed by atoms with Crippen molar-refractivity contribution in [2.24, 2.45) is 0 Å². The van der Waals surface area contributed by atoms with Crippen molar-refractivity contribution >= 4 is 5.97 Å². The maximum atomic E-state index is 10.8. The molecule has 5 heteroatoms. The number of hydrogen-bond donors (Lipinski definition) is 2. The van der Waals surface area contributed by atoms with Gasteiger partial charge in [0.25, 0.3) is 0 Å². The topological polar surface area (TPSA) is 84.5 Å². The number of rotatable bonds is 1. The molecule has 1 aromatic heterocycles. The fourth-order valence-electron chi connectivity index (χ4n) is 0.805. The Bertz CT molecular complexity index is 334. The van der Waals surface area contributed by atoms with E-state index in [2.05, 4.69) is 0 Å². The summed E-state index contributed by atoms with van der Waals surface area (Å²) in [5.41, 5.74) is -0.283. The molecule has 0 saturated heterocycles. The maximum Gasteiger partial charge on any atom is 0.339 e. The summed E-state index contributed by atoms with van der Waals surface area (Å²) < 4.78 is 0.405. The molecule has 0 spiro atoms. The van der Waals surface area contributed by atoms with Crippen LogP contribution in [-0.2, 0) is 0 Å². The lowest BCUT2D eigenvalue weighted by atomic mass is 10.2. The number of aromatic hydroxyl groups is 1. The summed E-state index contributed by atoms with van der Waals surface area (Å²) in [4.78, 5) is 10.4. The Kier molecular flexibility index (Phi) is 1.86. The first-order chi connectivity index (χ1) is 5.54. The first-order valence-electron chi connectivity index (χ1n) is 3.19. The molecule has 0 radical (unpaired) electrons. The minimum atomic E-state index is -1.25. The van der Waals surface area contributed by atoms with Crippen molar-refractivity contribution < 1.29 is 19.7 Å². The van der Waals surface area contributed by atoms with Crippen molar-refractivity contribution in [3.63, 3.8) is 0 Å². The fraction of sp³-hybridized carbons (Fsp3) is 0.143. The van der Waals surface area contributed by atoms with E-state index in [1.54, 1.807) is 0 Å². The molecule has 12 heavy (non-hydrogen) atoms. The van der Waals surface area contributed by atoms with Gasteiger partial charge in [0.15, 0.2) is 11.9 Å². The Morgan fingerprint density at radius 1 is 1.67 bits per heavy atom. The monoisotopic (exact) mass is 169 g/mol.